The average molecular weight is 413 g/mol. The maximum atomic E-state index is 10.9. The van der Waals surface area contributed by atoms with E-state index in [2.05, 4.69) is 47.6 Å². The van der Waals surface area contributed by atoms with Gasteiger partial charge in [0.15, 0.2) is 11.5 Å². The zero-order valence-corrected chi connectivity index (χ0v) is 20.0. The fourth-order valence-corrected chi connectivity index (χ4v) is 6.11. The lowest BCUT2D eigenvalue weighted by atomic mass is 9.60. The van der Waals surface area contributed by atoms with Crippen LogP contribution < -0.4 is 9.47 Å². The highest BCUT2D eigenvalue weighted by Crippen LogP contribution is 2.59. The Balaban J connectivity index is 1.79. The van der Waals surface area contributed by atoms with Crippen molar-refractivity contribution in [3.05, 3.63) is 23.3 Å². The first-order chi connectivity index (χ1) is 14.0. The van der Waals surface area contributed by atoms with Crippen LogP contribution in [0.3, 0.4) is 0 Å². The van der Waals surface area contributed by atoms with Crippen LogP contribution in [-0.2, 0) is 0 Å². The monoisotopic (exact) mass is 412 g/mol. The predicted molar refractivity (Wildman–Crippen MR) is 123 cm³/mol. The second kappa shape index (κ2) is 7.21. The molecular formula is C27H40O3. The van der Waals surface area contributed by atoms with Gasteiger partial charge < -0.3 is 14.6 Å². The van der Waals surface area contributed by atoms with Gasteiger partial charge in [-0.1, -0.05) is 41.5 Å². The fourth-order valence-electron chi connectivity index (χ4n) is 6.11. The number of aromatic hydroxyl groups is 1. The lowest BCUT2D eigenvalue weighted by molar-refractivity contribution is 0.0122. The first-order valence-corrected chi connectivity index (χ1v) is 11.8. The number of hydrogen-bond donors (Lipinski definition) is 1. The third kappa shape index (κ3) is 3.52. The lowest BCUT2D eigenvalue weighted by Crippen LogP contribution is -2.47. The van der Waals surface area contributed by atoms with E-state index in [1.54, 1.807) is 7.11 Å². The number of rotatable bonds is 1. The summed E-state index contributed by atoms with van der Waals surface area (Å²) in [7, 11) is 1.60. The normalized spacial score (nSPS) is 29.3. The number of allylic oxidation sites excluding steroid dienone is 1. The number of ether oxygens (including phenoxy) is 2. The molecule has 0 bridgehead atoms. The summed E-state index contributed by atoms with van der Waals surface area (Å²) in [5.41, 5.74) is 4.40. The summed E-state index contributed by atoms with van der Waals surface area (Å²) in [6, 6.07) is 3.97. The van der Waals surface area contributed by atoms with E-state index >= 15 is 0 Å². The Labute approximate surface area is 182 Å². The number of phenols is 1. The van der Waals surface area contributed by atoms with E-state index < -0.39 is 0 Å². The summed E-state index contributed by atoms with van der Waals surface area (Å²) in [6.07, 6.45) is 7.84. The van der Waals surface area contributed by atoms with Crippen molar-refractivity contribution in [2.75, 3.05) is 7.11 Å². The Morgan fingerprint density at radius 3 is 2.17 bits per heavy atom. The van der Waals surface area contributed by atoms with Crippen molar-refractivity contribution in [1.82, 2.24) is 0 Å². The van der Waals surface area contributed by atoms with E-state index in [1.165, 1.54) is 30.4 Å². The Bertz CT molecular complexity index is 842. The van der Waals surface area contributed by atoms with Crippen molar-refractivity contribution in [3.63, 3.8) is 0 Å². The molecule has 1 saturated carbocycles. The second-order valence-corrected chi connectivity index (χ2v) is 12.0. The van der Waals surface area contributed by atoms with Gasteiger partial charge in [-0.3, -0.25) is 0 Å². The molecular weight excluding hydrogens is 372 g/mol. The Morgan fingerprint density at radius 1 is 0.967 bits per heavy atom. The minimum Gasteiger partial charge on any atom is -0.502 e. The van der Waals surface area contributed by atoms with E-state index in [1.807, 2.05) is 6.07 Å². The molecule has 0 amide bonds. The molecule has 1 spiro atoms. The van der Waals surface area contributed by atoms with Gasteiger partial charge in [-0.05, 0) is 90.9 Å². The third-order valence-corrected chi connectivity index (χ3v) is 8.29. The first-order valence-electron chi connectivity index (χ1n) is 11.8. The molecule has 0 radical (unpaired) electrons. The van der Waals surface area contributed by atoms with Crippen molar-refractivity contribution in [1.29, 1.82) is 0 Å². The number of hydrogen-bond acceptors (Lipinski definition) is 3. The zero-order valence-electron chi connectivity index (χ0n) is 20.0. The number of methoxy groups -OCH3 is 1. The number of benzene rings is 1. The molecule has 3 aliphatic rings. The Morgan fingerprint density at radius 2 is 1.60 bits per heavy atom. The van der Waals surface area contributed by atoms with Crippen LogP contribution in [0, 0.1) is 22.7 Å². The molecule has 1 heterocycles. The summed E-state index contributed by atoms with van der Waals surface area (Å²) < 4.78 is 12.2. The maximum absolute atomic E-state index is 10.9. The van der Waals surface area contributed by atoms with Crippen LogP contribution >= 0.6 is 0 Å². The van der Waals surface area contributed by atoms with E-state index in [9.17, 15) is 5.11 Å². The van der Waals surface area contributed by atoms with Crippen LogP contribution in [-0.4, -0.2) is 17.8 Å². The molecule has 4 rings (SSSR count). The highest BCUT2D eigenvalue weighted by molar-refractivity contribution is 5.80. The minimum absolute atomic E-state index is 0.164. The number of phenolic OH excluding ortho intramolecular Hbond substituents is 1. The molecule has 1 unspecified atom stereocenters. The summed E-state index contributed by atoms with van der Waals surface area (Å²) in [5, 5.41) is 10.9. The van der Waals surface area contributed by atoms with Gasteiger partial charge in [-0.25, -0.2) is 0 Å². The minimum atomic E-state index is -0.266. The molecule has 30 heavy (non-hydrogen) atoms. The van der Waals surface area contributed by atoms with Crippen LogP contribution in [0.1, 0.15) is 92.1 Å². The molecule has 166 valence electrons. The molecule has 0 saturated heterocycles. The molecule has 1 N–H and O–H groups in total. The van der Waals surface area contributed by atoms with Gasteiger partial charge in [0.25, 0.3) is 0 Å². The number of fused-ring (bicyclic) bond motifs is 3. The second-order valence-electron chi connectivity index (χ2n) is 12.0. The smallest absolute Gasteiger partial charge is 0.201 e. The van der Waals surface area contributed by atoms with E-state index in [-0.39, 0.29) is 11.4 Å². The first kappa shape index (κ1) is 21.6. The van der Waals surface area contributed by atoms with Crippen molar-refractivity contribution in [3.8, 4) is 17.2 Å². The Hall–Kier alpha value is -1.64. The molecule has 0 aromatic heterocycles. The topological polar surface area (TPSA) is 38.7 Å². The van der Waals surface area contributed by atoms with Gasteiger partial charge in [0.2, 0.25) is 5.75 Å². The molecule has 3 heteroatoms. The predicted octanol–water partition coefficient (Wildman–Crippen LogP) is 7.37. The molecule has 1 aromatic rings. The van der Waals surface area contributed by atoms with Gasteiger partial charge in [-0.2, -0.15) is 0 Å². The van der Waals surface area contributed by atoms with Crippen LogP contribution in [0.15, 0.2) is 17.7 Å². The molecule has 1 atom stereocenters. The summed E-state index contributed by atoms with van der Waals surface area (Å²) in [5.74, 6) is 2.71. The molecule has 1 aliphatic heterocycles. The van der Waals surface area contributed by atoms with Crippen LogP contribution in [0.25, 0.3) is 5.57 Å². The van der Waals surface area contributed by atoms with Crippen LogP contribution in [0.4, 0.5) is 0 Å². The van der Waals surface area contributed by atoms with Crippen molar-refractivity contribution in [2.24, 2.45) is 22.7 Å². The largest absolute Gasteiger partial charge is 0.502 e. The van der Waals surface area contributed by atoms with E-state index in [4.69, 9.17) is 9.47 Å². The highest BCUT2D eigenvalue weighted by Gasteiger charge is 2.49. The third-order valence-electron chi connectivity index (χ3n) is 8.29. The van der Waals surface area contributed by atoms with Gasteiger partial charge in [0.05, 0.1) is 7.11 Å². The van der Waals surface area contributed by atoms with Crippen LogP contribution in [0.5, 0.6) is 17.2 Å². The molecule has 1 aromatic carbocycles. The standard InChI is InChI=1S/C27H40O3/c1-25(2,3)17-12-14-27(15-13-17)21-16-18(26(4,5)6)8-9-19(21)20-10-11-22(29-7)23(28)24(20)30-27/h10-11,17-18,28H,8-9,12-16H2,1-7H3. The van der Waals surface area contributed by atoms with Gasteiger partial charge in [-0.15, -0.1) is 0 Å². The molecule has 2 aliphatic carbocycles. The van der Waals surface area contributed by atoms with Gasteiger partial charge in [0.1, 0.15) is 5.60 Å². The van der Waals surface area contributed by atoms with E-state index in [0.717, 1.165) is 37.2 Å². The SMILES string of the molecule is COc1ccc2c(c1O)OC1(CCC(C(C)(C)C)CC1)C1=C2CCC(C(C)(C)C)C1. The van der Waals surface area contributed by atoms with Crippen molar-refractivity contribution < 1.29 is 14.6 Å². The highest BCUT2D eigenvalue weighted by atomic mass is 16.5. The average Bonchev–Trinajstić information content (AvgIpc) is 2.68. The van der Waals surface area contributed by atoms with Crippen molar-refractivity contribution >= 4 is 5.57 Å². The summed E-state index contributed by atoms with van der Waals surface area (Å²) in [6.45, 7) is 14.2. The van der Waals surface area contributed by atoms with Crippen LogP contribution in [0.2, 0.25) is 0 Å². The maximum Gasteiger partial charge on any atom is 0.201 e. The lowest BCUT2D eigenvalue weighted by Gasteiger charge is -2.51. The zero-order chi connectivity index (χ0) is 21.9. The fraction of sp³-hybridized carbons (Fsp3) is 0.704. The van der Waals surface area contributed by atoms with Gasteiger partial charge >= 0.3 is 0 Å². The molecule has 1 fully saturated rings. The van der Waals surface area contributed by atoms with Gasteiger partial charge in [0, 0.05) is 5.56 Å². The van der Waals surface area contributed by atoms with E-state index in [0.29, 0.717) is 28.2 Å². The van der Waals surface area contributed by atoms with Crippen molar-refractivity contribution in [2.45, 2.75) is 92.1 Å². The Kier molecular flexibility index (Phi) is 5.19. The quantitative estimate of drug-likeness (QED) is 0.523. The summed E-state index contributed by atoms with van der Waals surface area (Å²) in [4.78, 5) is 0. The summed E-state index contributed by atoms with van der Waals surface area (Å²) >= 11 is 0. The molecule has 3 nitrogen and oxygen atoms in total.